The van der Waals surface area contributed by atoms with Crippen molar-refractivity contribution in [2.45, 2.75) is 6.42 Å². The minimum Gasteiger partial charge on any atom is -0.465 e. The Morgan fingerprint density at radius 2 is 2.21 bits per heavy atom. The van der Waals surface area contributed by atoms with E-state index in [0.29, 0.717) is 12.1 Å². The smallest absolute Gasteiger partial charge is 0.409 e. The molecule has 0 fully saturated rings. The third kappa shape index (κ3) is 3.01. The predicted molar refractivity (Wildman–Crippen MR) is 56.6 cm³/mol. The monoisotopic (exact) mass is 259 g/mol. The summed E-state index contributed by atoms with van der Waals surface area (Å²) in [5.74, 6) is 0. The second-order valence-electron chi connectivity index (χ2n) is 2.71. The maximum atomic E-state index is 10.4. The number of hydrogen-bond donors (Lipinski definition) is 3. The zero-order valence-electron chi connectivity index (χ0n) is 7.33. The van der Waals surface area contributed by atoms with Gasteiger partial charge in [-0.1, -0.05) is 22.0 Å². The Balaban J connectivity index is 2.96. The van der Waals surface area contributed by atoms with Crippen molar-refractivity contribution >= 4 is 27.7 Å². The van der Waals surface area contributed by atoms with E-state index in [1.54, 1.807) is 18.2 Å². The maximum absolute atomic E-state index is 10.4. The Bertz CT molecular complexity index is 341. The van der Waals surface area contributed by atoms with Crippen LogP contribution in [0.2, 0.25) is 0 Å². The molecule has 0 unspecified atom stereocenters. The molecular weight excluding hydrogens is 250 g/mol. The van der Waals surface area contributed by atoms with Crippen molar-refractivity contribution in [2.75, 3.05) is 11.9 Å². The van der Waals surface area contributed by atoms with Crippen molar-refractivity contribution in [1.29, 1.82) is 0 Å². The summed E-state index contributed by atoms with van der Waals surface area (Å²) < 4.78 is 0.794. The fourth-order valence-corrected chi connectivity index (χ4v) is 1.48. The number of nitrogens with one attached hydrogen (secondary N) is 1. The highest BCUT2D eigenvalue weighted by atomic mass is 79.9. The molecule has 0 saturated carbocycles. The highest BCUT2D eigenvalue weighted by molar-refractivity contribution is 9.10. The maximum Gasteiger partial charge on any atom is 0.409 e. The van der Waals surface area contributed by atoms with E-state index < -0.39 is 6.09 Å². The fourth-order valence-electron chi connectivity index (χ4n) is 1.12. The largest absolute Gasteiger partial charge is 0.465 e. The van der Waals surface area contributed by atoms with Crippen molar-refractivity contribution in [1.82, 2.24) is 0 Å². The molecule has 3 N–H and O–H groups in total. The SMILES string of the molecule is O=C(O)Nc1cc(Br)ccc1CCO. The molecule has 0 aliphatic heterocycles. The Labute approximate surface area is 89.7 Å². The first kappa shape index (κ1) is 11.0. The van der Waals surface area contributed by atoms with Crippen LogP contribution >= 0.6 is 15.9 Å². The van der Waals surface area contributed by atoms with E-state index in [0.717, 1.165) is 10.0 Å². The number of halogens is 1. The average Bonchev–Trinajstić information content (AvgIpc) is 2.09. The highest BCUT2D eigenvalue weighted by Gasteiger charge is 2.05. The van der Waals surface area contributed by atoms with Crippen molar-refractivity contribution in [3.8, 4) is 0 Å². The van der Waals surface area contributed by atoms with Gasteiger partial charge in [-0.2, -0.15) is 0 Å². The number of carboxylic acid groups (broad SMARTS) is 1. The first-order chi connectivity index (χ1) is 6.63. The summed E-state index contributed by atoms with van der Waals surface area (Å²) in [6.45, 7) is -0.00404. The third-order valence-corrected chi connectivity index (χ3v) is 2.19. The summed E-state index contributed by atoms with van der Waals surface area (Å²) in [6.07, 6.45) is -0.676. The van der Waals surface area contributed by atoms with E-state index in [1.807, 2.05) is 0 Å². The molecule has 5 heteroatoms. The van der Waals surface area contributed by atoms with Crippen LogP contribution in [0.3, 0.4) is 0 Å². The molecule has 1 aromatic rings. The lowest BCUT2D eigenvalue weighted by Gasteiger charge is -2.08. The van der Waals surface area contributed by atoms with Gasteiger partial charge in [-0.05, 0) is 24.1 Å². The molecule has 0 aliphatic rings. The van der Waals surface area contributed by atoms with E-state index in [-0.39, 0.29) is 6.61 Å². The summed E-state index contributed by atoms with van der Waals surface area (Å²) in [5.41, 5.74) is 1.28. The summed E-state index contributed by atoms with van der Waals surface area (Å²) in [5, 5.41) is 19.6. The summed E-state index contributed by atoms with van der Waals surface area (Å²) in [6, 6.07) is 5.24. The van der Waals surface area contributed by atoms with Crippen LogP contribution < -0.4 is 5.32 Å². The zero-order chi connectivity index (χ0) is 10.6. The van der Waals surface area contributed by atoms with Crippen LogP contribution in [-0.2, 0) is 6.42 Å². The van der Waals surface area contributed by atoms with Crippen LogP contribution in [0.5, 0.6) is 0 Å². The number of amides is 1. The van der Waals surface area contributed by atoms with Gasteiger partial charge in [0.2, 0.25) is 0 Å². The van der Waals surface area contributed by atoms with E-state index in [1.165, 1.54) is 0 Å². The number of hydrogen-bond acceptors (Lipinski definition) is 2. The fraction of sp³-hybridized carbons (Fsp3) is 0.222. The van der Waals surface area contributed by atoms with Gasteiger partial charge in [-0.25, -0.2) is 4.79 Å². The van der Waals surface area contributed by atoms with Crippen LogP contribution in [0.25, 0.3) is 0 Å². The van der Waals surface area contributed by atoms with Gasteiger partial charge in [0.15, 0.2) is 0 Å². The van der Waals surface area contributed by atoms with E-state index in [4.69, 9.17) is 10.2 Å². The molecule has 0 atom stereocenters. The zero-order valence-corrected chi connectivity index (χ0v) is 8.91. The minimum absolute atomic E-state index is 0.00404. The first-order valence-electron chi connectivity index (χ1n) is 4.02. The van der Waals surface area contributed by atoms with Gasteiger partial charge in [0.05, 0.1) is 0 Å². The Morgan fingerprint density at radius 3 is 2.79 bits per heavy atom. The minimum atomic E-state index is -1.11. The van der Waals surface area contributed by atoms with E-state index in [9.17, 15) is 4.79 Å². The number of carbonyl (C=O) groups is 1. The summed E-state index contributed by atoms with van der Waals surface area (Å²) in [7, 11) is 0. The van der Waals surface area contributed by atoms with Crippen LogP contribution in [0.4, 0.5) is 10.5 Å². The number of benzene rings is 1. The first-order valence-corrected chi connectivity index (χ1v) is 4.82. The predicted octanol–water partition coefficient (Wildman–Crippen LogP) is 2.07. The lowest BCUT2D eigenvalue weighted by Crippen LogP contribution is -2.10. The molecule has 0 aromatic heterocycles. The van der Waals surface area contributed by atoms with Crippen LogP contribution in [0.15, 0.2) is 22.7 Å². The number of aliphatic hydroxyl groups excluding tert-OH is 1. The van der Waals surface area contributed by atoms with E-state index >= 15 is 0 Å². The van der Waals surface area contributed by atoms with Gasteiger partial charge in [0.1, 0.15) is 0 Å². The van der Waals surface area contributed by atoms with Crippen molar-refractivity contribution < 1.29 is 15.0 Å². The van der Waals surface area contributed by atoms with Gasteiger partial charge in [-0.3, -0.25) is 5.32 Å². The lowest BCUT2D eigenvalue weighted by atomic mass is 10.1. The number of anilines is 1. The van der Waals surface area contributed by atoms with Crippen LogP contribution in [-0.4, -0.2) is 22.9 Å². The molecule has 0 heterocycles. The van der Waals surface area contributed by atoms with Gasteiger partial charge < -0.3 is 10.2 Å². The van der Waals surface area contributed by atoms with E-state index in [2.05, 4.69) is 21.2 Å². The second kappa shape index (κ2) is 4.97. The molecule has 1 amide bonds. The molecule has 76 valence electrons. The molecule has 14 heavy (non-hydrogen) atoms. The molecule has 1 aromatic carbocycles. The number of rotatable bonds is 3. The van der Waals surface area contributed by atoms with Gasteiger partial charge >= 0.3 is 6.09 Å². The average molecular weight is 260 g/mol. The van der Waals surface area contributed by atoms with Gasteiger partial charge in [0, 0.05) is 16.8 Å². The quantitative estimate of drug-likeness (QED) is 0.779. The Hall–Kier alpha value is -1.07. The second-order valence-corrected chi connectivity index (χ2v) is 3.62. The molecule has 4 nitrogen and oxygen atoms in total. The lowest BCUT2D eigenvalue weighted by molar-refractivity contribution is 0.209. The van der Waals surface area contributed by atoms with Gasteiger partial charge in [-0.15, -0.1) is 0 Å². The normalized spacial score (nSPS) is 9.86. The Morgan fingerprint density at radius 1 is 1.50 bits per heavy atom. The van der Waals surface area contributed by atoms with Crippen molar-refractivity contribution in [2.24, 2.45) is 0 Å². The van der Waals surface area contributed by atoms with Crippen LogP contribution in [0.1, 0.15) is 5.56 Å². The summed E-state index contributed by atoms with van der Waals surface area (Å²) in [4.78, 5) is 10.4. The highest BCUT2D eigenvalue weighted by Crippen LogP contribution is 2.21. The molecule has 0 saturated heterocycles. The van der Waals surface area contributed by atoms with Crippen LogP contribution in [0, 0.1) is 0 Å². The Kier molecular flexibility index (Phi) is 3.91. The standard InChI is InChI=1S/C9H10BrNO3/c10-7-2-1-6(3-4-12)8(5-7)11-9(13)14/h1-2,5,11-12H,3-4H2,(H,13,14). The topological polar surface area (TPSA) is 69.6 Å². The summed E-state index contributed by atoms with van der Waals surface area (Å²) >= 11 is 3.24. The number of aliphatic hydroxyl groups is 1. The molecular formula is C9H10BrNO3. The molecule has 0 aliphatic carbocycles. The van der Waals surface area contributed by atoms with Crippen molar-refractivity contribution in [3.63, 3.8) is 0 Å². The molecule has 0 bridgehead atoms. The third-order valence-electron chi connectivity index (χ3n) is 1.69. The van der Waals surface area contributed by atoms with Gasteiger partial charge in [0.25, 0.3) is 0 Å². The molecule has 1 rings (SSSR count). The molecule has 0 radical (unpaired) electrons. The molecule has 0 spiro atoms. The van der Waals surface area contributed by atoms with Crippen molar-refractivity contribution in [3.05, 3.63) is 28.2 Å².